The van der Waals surface area contributed by atoms with Gasteiger partial charge in [0.1, 0.15) is 5.52 Å². The normalized spacial score (nSPS) is 11.2. The van der Waals surface area contributed by atoms with Gasteiger partial charge < -0.3 is 8.98 Å². The summed E-state index contributed by atoms with van der Waals surface area (Å²) in [6, 6.07) is 10.7. The second-order valence-corrected chi connectivity index (χ2v) is 5.94. The van der Waals surface area contributed by atoms with Crippen molar-refractivity contribution in [2.45, 2.75) is 11.0 Å². The van der Waals surface area contributed by atoms with Crippen molar-refractivity contribution in [3.05, 3.63) is 53.0 Å². The zero-order chi connectivity index (χ0) is 16.5. The summed E-state index contributed by atoms with van der Waals surface area (Å²) in [7, 11) is 1.84. The van der Waals surface area contributed by atoms with E-state index in [0.717, 1.165) is 0 Å². The molecule has 1 aromatic carbocycles. The van der Waals surface area contributed by atoms with Crippen molar-refractivity contribution < 1.29 is 4.42 Å². The first kappa shape index (κ1) is 14.6. The molecule has 0 saturated carbocycles. The SMILES string of the molecule is Cn1c(SCn2nnc3ccccc3c2=O)nnc1-c1ccco1. The molecule has 0 fully saturated rings. The molecule has 3 aromatic heterocycles. The summed E-state index contributed by atoms with van der Waals surface area (Å²) in [5, 5.41) is 17.5. The van der Waals surface area contributed by atoms with Crippen molar-refractivity contribution in [3.8, 4) is 11.6 Å². The van der Waals surface area contributed by atoms with Gasteiger partial charge in [-0.2, -0.15) is 4.68 Å². The zero-order valence-electron chi connectivity index (χ0n) is 12.7. The number of hydrogen-bond donors (Lipinski definition) is 0. The van der Waals surface area contributed by atoms with E-state index < -0.39 is 0 Å². The Labute approximate surface area is 140 Å². The smallest absolute Gasteiger partial charge is 0.278 e. The molecule has 4 aromatic rings. The van der Waals surface area contributed by atoms with Crippen molar-refractivity contribution in [2.24, 2.45) is 7.05 Å². The van der Waals surface area contributed by atoms with Gasteiger partial charge in [-0.1, -0.05) is 29.1 Å². The predicted octanol–water partition coefficient (Wildman–Crippen LogP) is 1.93. The number of rotatable bonds is 4. The van der Waals surface area contributed by atoms with Gasteiger partial charge in [0.15, 0.2) is 16.7 Å². The Morgan fingerprint density at radius 2 is 2.00 bits per heavy atom. The number of fused-ring (bicyclic) bond motifs is 1. The lowest BCUT2D eigenvalue weighted by molar-refractivity contribution is 0.572. The van der Waals surface area contributed by atoms with E-state index in [1.807, 2.05) is 23.7 Å². The predicted molar refractivity (Wildman–Crippen MR) is 88.4 cm³/mol. The average Bonchev–Trinajstić information content (AvgIpc) is 3.24. The Kier molecular flexibility index (Phi) is 3.62. The first-order valence-electron chi connectivity index (χ1n) is 7.12. The largest absolute Gasteiger partial charge is 0.461 e. The summed E-state index contributed by atoms with van der Waals surface area (Å²) in [4.78, 5) is 12.4. The van der Waals surface area contributed by atoms with Crippen LogP contribution < -0.4 is 5.56 Å². The highest BCUT2D eigenvalue weighted by Crippen LogP contribution is 2.23. The minimum atomic E-state index is -0.179. The van der Waals surface area contributed by atoms with Crippen LogP contribution in [-0.2, 0) is 12.9 Å². The van der Waals surface area contributed by atoms with E-state index in [-0.39, 0.29) is 5.56 Å². The van der Waals surface area contributed by atoms with Crippen LogP contribution >= 0.6 is 11.8 Å². The molecule has 120 valence electrons. The average molecular weight is 340 g/mol. The van der Waals surface area contributed by atoms with Crippen LogP contribution in [0.2, 0.25) is 0 Å². The lowest BCUT2D eigenvalue weighted by Crippen LogP contribution is -2.23. The van der Waals surface area contributed by atoms with Crippen molar-refractivity contribution in [3.63, 3.8) is 0 Å². The Morgan fingerprint density at radius 1 is 1.12 bits per heavy atom. The highest BCUT2D eigenvalue weighted by Gasteiger charge is 2.14. The summed E-state index contributed by atoms with van der Waals surface area (Å²) >= 11 is 1.35. The maximum atomic E-state index is 12.4. The third-order valence-corrected chi connectivity index (χ3v) is 4.51. The van der Waals surface area contributed by atoms with Gasteiger partial charge in [0.25, 0.3) is 5.56 Å². The minimum Gasteiger partial charge on any atom is -0.461 e. The second-order valence-electron chi connectivity index (χ2n) is 5.03. The first-order chi connectivity index (χ1) is 11.7. The zero-order valence-corrected chi connectivity index (χ0v) is 13.5. The molecule has 0 radical (unpaired) electrons. The molecule has 0 saturated heterocycles. The van der Waals surface area contributed by atoms with Crippen LogP contribution in [0.25, 0.3) is 22.5 Å². The lowest BCUT2D eigenvalue weighted by Gasteiger charge is -2.04. The van der Waals surface area contributed by atoms with E-state index in [9.17, 15) is 4.79 Å². The molecular formula is C15H12N6O2S. The van der Waals surface area contributed by atoms with Crippen LogP contribution in [-0.4, -0.2) is 29.8 Å². The fourth-order valence-corrected chi connectivity index (χ4v) is 3.07. The van der Waals surface area contributed by atoms with E-state index in [1.54, 1.807) is 30.5 Å². The van der Waals surface area contributed by atoms with E-state index in [2.05, 4.69) is 20.5 Å². The van der Waals surface area contributed by atoms with Gasteiger partial charge in [-0.05, 0) is 24.3 Å². The molecule has 0 unspecified atom stereocenters. The summed E-state index contributed by atoms with van der Waals surface area (Å²) in [5.41, 5.74) is 0.407. The van der Waals surface area contributed by atoms with Crippen LogP contribution in [0.4, 0.5) is 0 Å². The van der Waals surface area contributed by atoms with Gasteiger partial charge in [-0.3, -0.25) is 4.79 Å². The first-order valence-corrected chi connectivity index (χ1v) is 8.11. The Hall–Kier alpha value is -2.94. The van der Waals surface area contributed by atoms with Crippen molar-refractivity contribution in [2.75, 3.05) is 0 Å². The lowest BCUT2D eigenvalue weighted by atomic mass is 10.2. The van der Waals surface area contributed by atoms with Gasteiger partial charge in [0.2, 0.25) is 0 Å². The molecule has 0 aliphatic heterocycles. The van der Waals surface area contributed by atoms with Gasteiger partial charge in [0.05, 0.1) is 17.5 Å². The van der Waals surface area contributed by atoms with Crippen LogP contribution in [0.15, 0.2) is 57.0 Å². The van der Waals surface area contributed by atoms with Crippen molar-refractivity contribution >= 4 is 22.7 Å². The number of nitrogens with zero attached hydrogens (tertiary/aromatic N) is 6. The highest BCUT2D eigenvalue weighted by atomic mass is 32.2. The van der Waals surface area contributed by atoms with E-state index in [0.29, 0.717) is 33.5 Å². The summed E-state index contributed by atoms with van der Waals surface area (Å²) in [5.74, 6) is 1.56. The van der Waals surface area contributed by atoms with Crippen LogP contribution in [0, 0.1) is 0 Å². The third-order valence-electron chi connectivity index (χ3n) is 3.52. The second kappa shape index (κ2) is 5.93. The highest BCUT2D eigenvalue weighted by molar-refractivity contribution is 7.98. The van der Waals surface area contributed by atoms with Crippen LogP contribution in [0.1, 0.15) is 0 Å². The molecule has 0 N–H and O–H groups in total. The molecule has 0 aliphatic rings. The topological polar surface area (TPSA) is 91.6 Å². The fraction of sp³-hybridized carbons (Fsp3) is 0.133. The van der Waals surface area contributed by atoms with Crippen molar-refractivity contribution in [1.82, 2.24) is 29.8 Å². The fourth-order valence-electron chi connectivity index (χ4n) is 2.29. The van der Waals surface area contributed by atoms with Gasteiger partial charge in [-0.25, -0.2) is 0 Å². The Morgan fingerprint density at radius 3 is 2.83 bits per heavy atom. The van der Waals surface area contributed by atoms with E-state index >= 15 is 0 Å². The standard InChI is InChI=1S/C15H12N6O2S/c1-20-13(12-7-4-8-23-12)17-18-15(20)24-9-21-14(22)10-5-2-3-6-11(10)16-19-21/h2-8H,9H2,1H3. The molecule has 8 nitrogen and oxygen atoms in total. The number of furan rings is 1. The molecule has 0 aliphatic carbocycles. The van der Waals surface area contributed by atoms with Crippen molar-refractivity contribution in [1.29, 1.82) is 0 Å². The molecule has 0 atom stereocenters. The van der Waals surface area contributed by atoms with E-state index in [1.165, 1.54) is 16.4 Å². The molecule has 3 heterocycles. The quantitative estimate of drug-likeness (QED) is 0.524. The molecule has 0 bridgehead atoms. The summed E-state index contributed by atoms with van der Waals surface area (Å²) < 4.78 is 8.46. The minimum absolute atomic E-state index is 0.179. The molecule has 4 rings (SSSR count). The van der Waals surface area contributed by atoms with Gasteiger partial charge in [0, 0.05) is 7.05 Å². The Bertz CT molecular complexity index is 1050. The Balaban J connectivity index is 1.60. The molecule has 9 heteroatoms. The van der Waals surface area contributed by atoms with Gasteiger partial charge in [-0.15, -0.1) is 15.3 Å². The van der Waals surface area contributed by atoms with Crippen LogP contribution in [0.5, 0.6) is 0 Å². The molecule has 24 heavy (non-hydrogen) atoms. The number of benzene rings is 1. The number of aromatic nitrogens is 6. The molecular weight excluding hydrogens is 328 g/mol. The maximum Gasteiger partial charge on any atom is 0.278 e. The molecule has 0 spiro atoms. The number of thioether (sulfide) groups is 1. The maximum absolute atomic E-state index is 12.4. The molecule has 0 amide bonds. The third kappa shape index (κ3) is 2.48. The van der Waals surface area contributed by atoms with Gasteiger partial charge >= 0.3 is 0 Å². The van der Waals surface area contributed by atoms with E-state index in [4.69, 9.17) is 4.42 Å². The summed E-state index contributed by atoms with van der Waals surface area (Å²) in [6.45, 7) is 0. The van der Waals surface area contributed by atoms with Crippen LogP contribution in [0.3, 0.4) is 0 Å². The monoisotopic (exact) mass is 340 g/mol. The number of hydrogen-bond acceptors (Lipinski definition) is 7. The summed E-state index contributed by atoms with van der Waals surface area (Å²) in [6.07, 6.45) is 1.58.